The predicted molar refractivity (Wildman–Crippen MR) is 66.2 cm³/mol. The minimum atomic E-state index is -0.880. The summed E-state index contributed by atoms with van der Waals surface area (Å²) in [7, 11) is 3.11. The Morgan fingerprint density at radius 2 is 1.94 bits per heavy atom. The van der Waals surface area contributed by atoms with E-state index >= 15 is 0 Å². The summed E-state index contributed by atoms with van der Waals surface area (Å²) >= 11 is 0. The molecule has 1 aliphatic rings. The Balaban J connectivity index is 2.53. The molecule has 0 amide bonds. The van der Waals surface area contributed by atoms with Gasteiger partial charge in [0.15, 0.2) is 11.5 Å². The van der Waals surface area contributed by atoms with Crippen LogP contribution < -0.4 is 14.8 Å². The number of fused-ring (bicyclic) bond motifs is 1. The molecule has 0 saturated heterocycles. The van der Waals surface area contributed by atoms with Crippen molar-refractivity contribution in [3.05, 3.63) is 23.3 Å². The summed E-state index contributed by atoms with van der Waals surface area (Å²) in [6, 6.07) is 3.04. The second-order valence-corrected chi connectivity index (χ2v) is 4.45. The van der Waals surface area contributed by atoms with E-state index in [-0.39, 0.29) is 6.04 Å². The molecule has 1 aromatic carbocycles. The Hall–Kier alpha value is -1.75. The van der Waals surface area contributed by atoms with E-state index in [2.05, 4.69) is 5.32 Å². The molecule has 0 saturated carbocycles. The molecule has 5 heteroatoms. The zero-order valence-electron chi connectivity index (χ0n) is 10.7. The van der Waals surface area contributed by atoms with Crippen LogP contribution >= 0.6 is 0 Å². The van der Waals surface area contributed by atoms with Crippen molar-refractivity contribution in [2.24, 2.45) is 0 Å². The molecule has 98 valence electrons. The Bertz CT molecular complexity index is 472. The Labute approximate surface area is 106 Å². The third-order valence-corrected chi connectivity index (χ3v) is 3.18. The van der Waals surface area contributed by atoms with Gasteiger partial charge in [-0.25, -0.2) is 0 Å². The number of hydrogen-bond donors (Lipinski definition) is 2. The number of benzene rings is 1. The summed E-state index contributed by atoms with van der Waals surface area (Å²) in [5.41, 5.74) is 1.74. The lowest BCUT2D eigenvalue weighted by molar-refractivity contribution is -0.140. The lowest BCUT2D eigenvalue weighted by Crippen LogP contribution is -2.41. The molecule has 18 heavy (non-hydrogen) atoms. The van der Waals surface area contributed by atoms with Crippen molar-refractivity contribution in [1.29, 1.82) is 0 Å². The zero-order chi connectivity index (χ0) is 13.3. The molecular formula is C13H17NO4. The second kappa shape index (κ2) is 4.86. The van der Waals surface area contributed by atoms with Crippen LogP contribution in [0.1, 0.15) is 24.1 Å². The summed E-state index contributed by atoms with van der Waals surface area (Å²) in [4.78, 5) is 11.3. The molecular weight excluding hydrogens is 234 g/mol. The van der Waals surface area contributed by atoms with E-state index < -0.39 is 12.0 Å². The number of aliphatic carboxylic acids is 1. The Kier molecular flexibility index (Phi) is 3.43. The van der Waals surface area contributed by atoms with Gasteiger partial charge in [-0.1, -0.05) is 0 Å². The first-order chi connectivity index (χ1) is 8.56. The van der Waals surface area contributed by atoms with Crippen molar-refractivity contribution in [3.8, 4) is 11.5 Å². The maximum absolute atomic E-state index is 11.3. The van der Waals surface area contributed by atoms with Gasteiger partial charge in [-0.3, -0.25) is 10.1 Å². The van der Waals surface area contributed by atoms with Crippen LogP contribution in [0.5, 0.6) is 11.5 Å². The number of rotatable bonds is 3. The second-order valence-electron chi connectivity index (χ2n) is 4.45. The number of carboxylic acid groups (broad SMARTS) is 1. The Morgan fingerprint density at radius 1 is 1.33 bits per heavy atom. The Morgan fingerprint density at radius 3 is 2.50 bits per heavy atom. The van der Waals surface area contributed by atoms with Gasteiger partial charge in [-0.05, 0) is 36.6 Å². The average Bonchev–Trinajstić information content (AvgIpc) is 2.35. The van der Waals surface area contributed by atoms with E-state index in [1.54, 1.807) is 20.3 Å². The van der Waals surface area contributed by atoms with Gasteiger partial charge >= 0.3 is 5.97 Å². The third-order valence-electron chi connectivity index (χ3n) is 3.18. The van der Waals surface area contributed by atoms with Gasteiger partial charge in [0, 0.05) is 6.04 Å². The largest absolute Gasteiger partial charge is 0.493 e. The van der Waals surface area contributed by atoms with E-state index in [4.69, 9.17) is 9.47 Å². The minimum Gasteiger partial charge on any atom is -0.493 e. The maximum atomic E-state index is 11.3. The minimum absolute atomic E-state index is 0.122. The SMILES string of the molecule is COc1cc2c(cc1OC)C(C(=O)O)NC(C)C2. The van der Waals surface area contributed by atoms with Crippen molar-refractivity contribution < 1.29 is 19.4 Å². The maximum Gasteiger partial charge on any atom is 0.325 e. The van der Waals surface area contributed by atoms with Gasteiger partial charge in [0.2, 0.25) is 0 Å². The summed E-state index contributed by atoms with van der Waals surface area (Å²) in [5, 5.41) is 12.3. The number of nitrogens with one attached hydrogen (secondary N) is 1. The fraction of sp³-hybridized carbons (Fsp3) is 0.462. The number of methoxy groups -OCH3 is 2. The van der Waals surface area contributed by atoms with Crippen molar-refractivity contribution in [2.45, 2.75) is 25.4 Å². The third kappa shape index (κ3) is 2.13. The van der Waals surface area contributed by atoms with Gasteiger partial charge in [0.1, 0.15) is 6.04 Å². The summed E-state index contributed by atoms with van der Waals surface area (Å²) in [5.74, 6) is 0.309. The van der Waals surface area contributed by atoms with Gasteiger partial charge in [-0.15, -0.1) is 0 Å². The first kappa shape index (κ1) is 12.7. The smallest absolute Gasteiger partial charge is 0.325 e. The van der Waals surface area contributed by atoms with E-state index in [9.17, 15) is 9.90 Å². The molecule has 5 nitrogen and oxygen atoms in total. The van der Waals surface area contributed by atoms with Gasteiger partial charge in [0.05, 0.1) is 14.2 Å². The monoisotopic (exact) mass is 251 g/mol. The van der Waals surface area contributed by atoms with Crippen LogP contribution in [-0.4, -0.2) is 31.3 Å². The molecule has 0 aliphatic carbocycles. The molecule has 1 heterocycles. The fourth-order valence-corrected chi connectivity index (χ4v) is 2.35. The molecule has 1 aromatic rings. The number of hydrogen-bond acceptors (Lipinski definition) is 4. The highest BCUT2D eigenvalue weighted by atomic mass is 16.5. The van der Waals surface area contributed by atoms with E-state index in [1.165, 1.54) is 0 Å². The summed E-state index contributed by atoms with van der Waals surface area (Å²) < 4.78 is 10.5. The van der Waals surface area contributed by atoms with Crippen molar-refractivity contribution >= 4 is 5.97 Å². The molecule has 0 radical (unpaired) electrons. The van der Waals surface area contributed by atoms with E-state index in [0.717, 1.165) is 17.5 Å². The van der Waals surface area contributed by atoms with Crippen LogP contribution in [0.4, 0.5) is 0 Å². The standard InChI is InChI=1S/C13H17NO4/c1-7-4-8-5-10(17-2)11(18-3)6-9(8)12(14-7)13(15)16/h5-7,12,14H,4H2,1-3H3,(H,15,16). The molecule has 0 aromatic heterocycles. The first-order valence-electron chi connectivity index (χ1n) is 5.80. The average molecular weight is 251 g/mol. The van der Waals surface area contributed by atoms with Crippen molar-refractivity contribution in [2.75, 3.05) is 14.2 Å². The van der Waals surface area contributed by atoms with Crippen LogP contribution in [0, 0.1) is 0 Å². The highest BCUT2D eigenvalue weighted by Gasteiger charge is 2.30. The molecule has 2 rings (SSSR count). The topological polar surface area (TPSA) is 67.8 Å². The molecule has 1 aliphatic heterocycles. The van der Waals surface area contributed by atoms with Gasteiger partial charge < -0.3 is 14.6 Å². The highest BCUT2D eigenvalue weighted by Crippen LogP contribution is 2.36. The molecule has 0 fully saturated rings. The van der Waals surface area contributed by atoms with Gasteiger partial charge in [-0.2, -0.15) is 0 Å². The fourth-order valence-electron chi connectivity index (χ4n) is 2.35. The summed E-state index contributed by atoms with van der Waals surface area (Å²) in [6.07, 6.45) is 0.777. The van der Waals surface area contributed by atoms with Crippen LogP contribution in [0.3, 0.4) is 0 Å². The van der Waals surface area contributed by atoms with Crippen LogP contribution in [0.2, 0.25) is 0 Å². The number of carbonyl (C=O) groups is 1. The van der Waals surface area contributed by atoms with E-state index in [1.807, 2.05) is 13.0 Å². The lowest BCUT2D eigenvalue weighted by atomic mass is 9.90. The van der Waals surface area contributed by atoms with Crippen molar-refractivity contribution in [1.82, 2.24) is 5.32 Å². The number of ether oxygens (including phenoxy) is 2. The summed E-state index contributed by atoms with van der Waals surface area (Å²) in [6.45, 7) is 1.97. The van der Waals surface area contributed by atoms with Crippen LogP contribution in [0.15, 0.2) is 12.1 Å². The molecule has 2 N–H and O–H groups in total. The molecule has 2 atom stereocenters. The molecule has 0 spiro atoms. The lowest BCUT2D eigenvalue weighted by Gasteiger charge is -2.29. The number of carboxylic acids is 1. The molecule has 0 bridgehead atoms. The highest BCUT2D eigenvalue weighted by molar-refractivity contribution is 5.77. The molecule has 2 unspecified atom stereocenters. The zero-order valence-corrected chi connectivity index (χ0v) is 10.7. The normalized spacial score (nSPS) is 22.2. The first-order valence-corrected chi connectivity index (χ1v) is 5.80. The predicted octanol–water partition coefficient (Wildman–Crippen LogP) is 1.36. The van der Waals surface area contributed by atoms with Crippen LogP contribution in [0.25, 0.3) is 0 Å². The quantitative estimate of drug-likeness (QED) is 0.849. The van der Waals surface area contributed by atoms with E-state index in [0.29, 0.717) is 11.5 Å². The van der Waals surface area contributed by atoms with Crippen LogP contribution in [-0.2, 0) is 11.2 Å². The van der Waals surface area contributed by atoms with Gasteiger partial charge in [0.25, 0.3) is 0 Å². The van der Waals surface area contributed by atoms with Crippen molar-refractivity contribution in [3.63, 3.8) is 0 Å².